The van der Waals surface area contributed by atoms with E-state index in [-0.39, 0.29) is 23.7 Å². The van der Waals surface area contributed by atoms with Crippen LogP contribution in [-0.2, 0) is 11.2 Å². The average molecular weight is 594 g/mol. The number of alkyl carbamates (subject to hydrolysis) is 1. The second-order valence-electron chi connectivity index (χ2n) is 10.8. The molecule has 2 aliphatic rings. The maximum atomic E-state index is 13.3. The minimum absolute atomic E-state index is 0.148. The van der Waals surface area contributed by atoms with Crippen molar-refractivity contribution in [2.75, 3.05) is 35.0 Å². The molecule has 2 aliphatic carbocycles. The van der Waals surface area contributed by atoms with E-state index in [2.05, 4.69) is 41.7 Å². The summed E-state index contributed by atoms with van der Waals surface area (Å²) in [4.78, 5) is 26.4. The number of nitrogens with one attached hydrogen (secondary N) is 1. The van der Waals surface area contributed by atoms with Gasteiger partial charge in [0.1, 0.15) is 0 Å². The largest absolute Gasteiger partial charge is 0.493 e. The first-order valence-corrected chi connectivity index (χ1v) is 14.6. The van der Waals surface area contributed by atoms with Crippen molar-refractivity contribution in [2.24, 2.45) is 0 Å². The van der Waals surface area contributed by atoms with Crippen LogP contribution in [0.5, 0.6) is 23.0 Å². The summed E-state index contributed by atoms with van der Waals surface area (Å²) in [6, 6.07) is 23.2. The molecule has 0 aliphatic heterocycles. The van der Waals surface area contributed by atoms with Crippen molar-refractivity contribution in [1.29, 1.82) is 0 Å². The van der Waals surface area contributed by atoms with E-state index in [9.17, 15) is 9.59 Å². The van der Waals surface area contributed by atoms with Gasteiger partial charge in [0.15, 0.2) is 17.2 Å². The quantitative estimate of drug-likeness (QED) is 0.244. The number of aryl methyl sites for hydroxylation is 1. The molecule has 0 bridgehead atoms. The number of hydrogen-bond donors (Lipinski definition) is 1. The third-order valence-corrected chi connectivity index (χ3v) is 8.61. The zero-order chi connectivity index (χ0) is 30.8. The summed E-state index contributed by atoms with van der Waals surface area (Å²) in [7, 11) is 6.15. The smallest absolute Gasteiger partial charge is 0.407 e. The lowest BCUT2D eigenvalue weighted by molar-refractivity contribution is 0.139. The molecule has 4 aromatic rings. The third-order valence-electron chi connectivity index (χ3n) is 8.61. The molecule has 0 saturated carbocycles. The molecule has 0 fully saturated rings. The predicted molar refractivity (Wildman–Crippen MR) is 168 cm³/mol. The number of hydrogen-bond acceptors (Lipinski definition) is 7. The highest BCUT2D eigenvalue weighted by molar-refractivity contribution is 5.83. The van der Waals surface area contributed by atoms with Crippen LogP contribution in [0.1, 0.15) is 47.1 Å². The average Bonchev–Trinajstić information content (AvgIpc) is 3.16. The van der Waals surface area contributed by atoms with Crippen LogP contribution in [0, 0.1) is 0 Å². The molecule has 0 heterocycles. The molecule has 8 heteroatoms. The number of fused-ring (bicyclic) bond motifs is 6. The van der Waals surface area contributed by atoms with Gasteiger partial charge in [-0.15, -0.1) is 0 Å². The molecule has 4 aromatic carbocycles. The summed E-state index contributed by atoms with van der Waals surface area (Å²) >= 11 is 0. The summed E-state index contributed by atoms with van der Waals surface area (Å²) in [5, 5.41) is 3.04. The van der Waals surface area contributed by atoms with Crippen LogP contribution in [-0.4, -0.2) is 41.1 Å². The summed E-state index contributed by atoms with van der Waals surface area (Å²) in [6.07, 6.45) is 1.21. The molecular formula is C36H35NO7. The fourth-order valence-corrected chi connectivity index (χ4v) is 6.64. The van der Waals surface area contributed by atoms with Crippen LogP contribution in [0.25, 0.3) is 22.3 Å². The van der Waals surface area contributed by atoms with Gasteiger partial charge in [0.05, 0.1) is 41.1 Å². The maximum absolute atomic E-state index is 13.3. The van der Waals surface area contributed by atoms with Crippen LogP contribution in [0.4, 0.5) is 4.79 Å². The summed E-state index contributed by atoms with van der Waals surface area (Å²) in [6.45, 7) is 0.240. The van der Waals surface area contributed by atoms with Gasteiger partial charge in [0.25, 0.3) is 0 Å². The molecule has 0 saturated heterocycles. The first-order valence-electron chi connectivity index (χ1n) is 14.6. The number of rotatable bonds is 8. The molecule has 1 N–H and O–H groups in total. The van der Waals surface area contributed by atoms with Crippen molar-refractivity contribution in [3.05, 3.63) is 105 Å². The standard InChI is InChI=1S/C36H35NO7/c1-40-31-16-14-27-28(20-30(31)38)29(15-13-21-19-32(41-2)34(42-3)35(43-4)33(21)27)37-36(39)44-18-17-26-24-11-7-5-9-22(24)23-10-6-8-12-25(23)26/h5-12,14,16,19-20,26,29H,13,15,17-18H2,1-4H3,(H,37,39). The van der Waals surface area contributed by atoms with Gasteiger partial charge in [-0.2, -0.15) is 0 Å². The highest BCUT2D eigenvalue weighted by Crippen LogP contribution is 2.50. The highest BCUT2D eigenvalue weighted by atomic mass is 16.5. The van der Waals surface area contributed by atoms with E-state index >= 15 is 0 Å². The fraction of sp³-hybridized carbons (Fsp3) is 0.278. The van der Waals surface area contributed by atoms with Crippen molar-refractivity contribution in [3.63, 3.8) is 0 Å². The van der Waals surface area contributed by atoms with E-state index in [0.29, 0.717) is 42.1 Å². The van der Waals surface area contributed by atoms with Crippen molar-refractivity contribution >= 4 is 6.09 Å². The van der Waals surface area contributed by atoms with Crippen LogP contribution in [0.3, 0.4) is 0 Å². The molecule has 1 atom stereocenters. The zero-order valence-corrected chi connectivity index (χ0v) is 25.3. The van der Waals surface area contributed by atoms with Gasteiger partial charge < -0.3 is 29.0 Å². The molecular weight excluding hydrogens is 558 g/mol. The number of carbonyl (C=O) groups is 1. The Morgan fingerprint density at radius 2 is 1.41 bits per heavy atom. The Bertz CT molecular complexity index is 1740. The summed E-state index contributed by atoms with van der Waals surface area (Å²) < 4.78 is 28.2. The molecule has 0 aromatic heterocycles. The van der Waals surface area contributed by atoms with E-state index in [4.69, 9.17) is 23.7 Å². The Balaban J connectivity index is 1.28. The Kier molecular flexibility index (Phi) is 8.15. The normalized spacial score (nSPS) is 14.7. The summed E-state index contributed by atoms with van der Waals surface area (Å²) in [5.74, 6) is 1.81. The lowest BCUT2D eigenvalue weighted by Gasteiger charge is -2.20. The maximum Gasteiger partial charge on any atom is 0.407 e. The van der Waals surface area contributed by atoms with Crippen LogP contribution in [0.15, 0.2) is 77.6 Å². The van der Waals surface area contributed by atoms with Crippen molar-refractivity contribution in [3.8, 4) is 45.3 Å². The first kappa shape index (κ1) is 29.1. The van der Waals surface area contributed by atoms with Crippen LogP contribution in [0.2, 0.25) is 0 Å². The predicted octanol–water partition coefficient (Wildman–Crippen LogP) is 6.66. The molecule has 8 nitrogen and oxygen atoms in total. The Morgan fingerprint density at radius 1 is 0.750 bits per heavy atom. The molecule has 1 amide bonds. The SMILES string of the molecule is COc1cc2c(c(OC)c1OC)-c1ccc(OC)c(=O)cc1C(NC(=O)OCCC1c3ccccc3-c3ccccc31)CC2. The van der Waals surface area contributed by atoms with Crippen molar-refractivity contribution in [2.45, 2.75) is 31.2 Å². The topological polar surface area (TPSA) is 92.3 Å². The lowest BCUT2D eigenvalue weighted by Crippen LogP contribution is -2.30. The summed E-state index contributed by atoms with van der Waals surface area (Å²) in [5.41, 5.74) is 7.73. The third kappa shape index (κ3) is 5.10. The molecule has 0 radical (unpaired) electrons. The Labute approximate surface area is 256 Å². The van der Waals surface area contributed by atoms with Crippen molar-refractivity contribution < 1.29 is 28.5 Å². The van der Waals surface area contributed by atoms with E-state index in [1.54, 1.807) is 27.4 Å². The number of benzene rings is 3. The van der Waals surface area contributed by atoms with E-state index in [1.807, 2.05) is 24.3 Å². The molecule has 226 valence electrons. The lowest BCUT2D eigenvalue weighted by atomic mass is 9.94. The van der Waals surface area contributed by atoms with E-state index < -0.39 is 12.1 Å². The van der Waals surface area contributed by atoms with Gasteiger partial charge in [0, 0.05) is 11.5 Å². The van der Waals surface area contributed by atoms with Gasteiger partial charge in [-0.3, -0.25) is 4.79 Å². The zero-order valence-electron chi connectivity index (χ0n) is 25.3. The van der Waals surface area contributed by atoms with Crippen LogP contribution < -0.4 is 29.7 Å². The van der Waals surface area contributed by atoms with E-state index in [0.717, 1.165) is 16.7 Å². The Hall–Kier alpha value is -4.98. The number of ether oxygens (including phenoxy) is 5. The van der Waals surface area contributed by atoms with Gasteiger partial charge in [0.2, 0.25) is 11.2 Å². The fourth-order valence-electron chi connectivity index (χ4n) is 6.64. The second kappa shape index (κ2) is 12.3. The molecule has 6 rings (SSSR count). The molecule has 44 heavy (non-hydrogen) atoms. The van der Waals surface area contributed by atoms with Crippen molar-refractivity contribution in [1.82, 2.24) is 5.32 Å². The second-order valence-corrected chi connectivity index (χ2v) is 10.8. The minimum Gasteiger partial charge on any atom is -0.493 e. The van der Waals surface area contributed by atoms with Gasteiger partial charge in [-0.05, 0) is 76.4 Å². The van der Waals surface area contributed by atoms with Gasteiger partial charge in [-0.25, -0.2) is 4.79 Å². The monoisotopic (exact) mass is 593 g/mol. The highest BCUT2D eigenvalue weighted by Gasteiger charge is 2.31. The number of methoxy groups -OCH3 is 4. The molecule has 1 unspecified atom stereocenters. The Morgan fingerprint density at radius 3 is 2.05 bits per heavy atom. The first-order chi connectivity index (χ1) is 21.5. The number of carbonyl (C=O) groups excluding carboxylic acids is 1. The van der Waals surface area contributed by atoms with Gasteiger partial charge in [-0.1, -0.05) is 54.6 Å². The van der Waals surface area contributed by atoms with Gasteiger partial charge >= 0.3 is 6.09 Å². The van der Waals surface area contributed by atoms with E-state index in [1.165, 1.54) is 35.4 Å². The minimum atomic E-state index is -0.542. The molecule has 0 spiro atoms. The van der Waals surface area contributed by atoms with Crippen LogP contribution >= 0.6 is 0 Å². The number of amides is 1.